The summed E-state index contributed by atoms with van der Waals surface area (Å²) in [7, 11) is -1.55. The fraction of sp³-hybridized carbons (Fsp3) is 0.517. The normalized spacial score (nSPS) is 23.3. The number of aromatic nitrogens is 3. The summed E-state index contributed by atoms with van der Waals surface area (Å²) in [6.45, 7) is 4.62. The van der Waals surface area contributed by atoms with Crippen LogP contribution in [0.25, 0.3) is 11.0 Å². The number of anilines is 1. The summed E-state index contributed by atoms with van der Waals surface area (Å²) in [5, 5.41) is 3.26. The van der Waals surface area contributed by atoms with Gasteiger partial charge in [-0.05, 0) is 70.7 Å². The minimum absolute atomic E-state index is 0.0732. The van der Waals surface area contributed by atoms with Crippen molar-refractivity contribution in [2.45, 2.75) is 75.0 Å². The molecule has 1 N–H and O–H groups in total. The maximum absolute atomic E-state index is 13.8. The smallest absolute Gasteiger partial charge is 0.404 e. The van der Waals surface area contributed by atoms with Crippen molar-refractivity contribution < 1.29 is 31.1 Å². The molecule has 1 saturated heterocycles. The summed E-state index contributed by atoms with van der Waals surface area (Å²) < 4.78 is 69.3. The van der Waals surface area contributed by atoms with E-state index in [9.17, 15) is 26.4 Å². The fourth-order valence-electron chi connectivity index (χ4n) is 6.17. The molecular weight excluding hydrogens is 585 g/mol. The summed E-state index contributed by atoms with van der Waals surface area (Å²) in [6.07, 6.45) is -0.213. The Morgan fingerprint density at radius 3 is 2.56 bits per heavy atom. The van der Waals surface area contributed by atoms with Crippen molar-refractivity contribution in [3.8, 4) is 5.75 Å². The van der Waals surface area contributed by atoms with Crippen LogP contribution in [0.15, 0.2) is 53.8 Å². The molecule has 4 atom stereocenters. The summed E-state index contributed by atoms with van der Waals surface area (Å²) >= 11 is 0. The van der Waals surface area contributed by atoms with Gasteiger partial charge < -0.3 is 19.9 Å². The Morgan fingerprint density at radius 2 is 1.86 bits per heavy atom. The van der Waals surface area contributed by atoms with Crippen LogP contribution in [0.2, 0.25) is 0 Å². The predicted molar refractivity (Wildman–Crippen MR) is 154 cm³/mol. The number of rotatable bonds is 9. The van der Waals surface area contributed by atoms with E-state index >= 15 is 0 Å². The highest BCUT2D eigenvalue weighted by Gasteiger charge is 2.44. The van der Waals surface area contributed by atoms with E-state index in [4.69, 9.17) is 0 Å². The van der Waals surface area contributed by atoms with E-state index < -0.39 is 28.0 Å². The lowest BCUT2D eigenvalue weighted by atomic mass is 9.81. The number of likely N-dealkylation sites (tertiary alicyclic amines) is 1. The summed E-state index contributed by atoms with van der Waals surface area (Å²) in [5.41, 5.74) is 0.146. The van der Waals surface area contributed by atoms with Crippen molar-refractivity contribution in [2.75, 3.05) is 24.7 Å². The van der Waals surface area contributed by atoms with Crippen LogP contribution in [0, 0.1) is 5.92 Å². The van der Waals surface area contributed by atoms with Crippen molar-refractivity contribution >= 4 is 32.6 Å². The van der Waals surface area contributed by atoms with Crippen molar-refractivity contribution in [3.05, 3.63) is 48.9 Å². The number of nitrogens with one attached hydrogen (secondary N) is 1. The number of hydrogen-bond acceptors (Lipinski definition) is 9. The van der Waals surface area contributed by atoms with Gasteiger partial charge in [0.2, 0.25) is 5.91 Å². The summed E-state index contributed by atoms with van der Waals surface area (Å²) in [4.78, 5) is 30.2. The molecule has 1 aliphatic heterocycles. The highest BCUT2D eigenvalue weighted by molar-refractivity contribution is 7.91. The summed E-state index contributed by atoms with van der Waals surface area (Å²) in [5.74, 6) is -0.918. The van der Waals surface area contributed by atoms with Gasteiger partial charge in [-0.25, -0.2) is 23.4 Å². The minimum Gasteiger partial charge on any atom is -0.404 e. The number of ether oxygens (including phenoxy) is 1. The zero-order chi connectivity index (χ0) is 30.9. The van der Waals surface area contributed by atoms with Crippen LogP contribution in [0.1, 0.15) is 39.5 Å². The van der Waals surface area contributed by atoms with Crippen LogP contribution < -0.4 is 10.1 Å². The van der Waals surface area contributed by atoms with Gasteiger partial charge in [-0.3, -0.25) is 4.79 Å². The number of fused-ring (bicyclic) bond motifs is 1. The Labute approximate surface area is 248 Å². The zero-order valence-corrected chi connectivity index (χ0v) is 25.0. The number of sulfone groups is 1. The average molecular weight is 621 g/mol. The molecular formula is C29H35F3N6O4S. The minimum atomic E-state index is -4.89. The Hall–Kier alpha value is -3.52. The molecule has 1 aromatic carbocycles. The topological polar surface area (TPSA) is 118 Å². The molecule has 43 heavy (non-hydrogen) atoms. The Bertz CT molecular complexity index is 1560. The van der Waals surface area contributed by atoms with Crippen LogP contribution in [0.5, 0.6) is 5.75 Å². The molecule has 3 aromatic rings. The number of carbonyl (C=O) groups is 1. The number of pyridine rings is 1. The third kappa shape index (κ3) is 7.01. The highest BCUT2D eigenvalue weighted by atomic mass is 32.2. The van der Waals surface area contributed by atoms with Crippen molar-refractivity contribution in [2.24, 2.45) is 5.92 Å². The average Bonchev–Trinajstić information content (AvgIpc) is 3.31. The number of carbonyl (C=O) groups excluding carboxylic acids is 1. The lowest BCUT2D eigenvalue weighted by Crippen LogP contribution is -2.52. The molecule has 3 heterocycles. The number of amides is 1. The molecule has 1 amide bonds. The second kappa shape index (κ2) is 12.2. The first-order valence-electron chi connectivity index (χ1n) is 14.3. The molecule has 5 rings (SSSR count). The third-order valence-electron chi connectivity index (χ3n) is 8.49. The van der Waals surface area contributed by atoms with Gasteiger partial charge >= 0.3 is 6.36 Å². The number of halogens is 3. The Balaban J connectivity index is 1.37. The highest BCUT2D eigenvalue weighted by Crippen LogP contribution is 2.36. The molecule has 232 valence electrons. The first-order valence-corrected chi connectivity index (χ1v) is 15.9. The maximum Gasteiger partial charge on any atom is 0.573 e. The molecule has 0 spiro atoms. The lowest BCUT2D eigenvalue weighted by molar-refractivity contribution is -0.274. The Kier molecular flexibility index (Phi) is 8.80. The quantitative estimate of drug-likeness (QED) is 0.374. The van der Waals surface area contributed by atoms with Crippen molar-refractivity contribution in [1.82, 2.24) is 24.8 Å². The maximum atomic E-state index is 13.8. The number of benzene rings is 1. The molecule has 2 aromatic heterocycles. The molecule has 1 saturated carbocycles. The molecule has 2 aliphatic rings. The van der Waals surface area contributed by atoms with E-state index in [-0.39, 0.29) is 57.5 Å². The van der Waals surface area contributed by atoms with Crippen molar-refractivity contribution in [1.29, 1.82) is 0 Å². The largest absolute Gasteiger partial charge is 0.573 e. The van der Waals surface area contributed by atoms with E-state index in [1.165, 1.54) is 6.33 Å². The first-order chi connectivity index (χ1) is 20.3. The van der Waals surface area contributed by atoms with Gasteiger partial charge in [0, 0.05) is 24.7 Å². The fourth-order valence-corrected chi connectivity index (χ4v) is 7.86. The number of nitrogens with zero attached hydrogens (tertiary/aromatic N) is 5. The van der Waals surface area contributed by atoms with Crippen LogP contribution >= 0.6 is 0 Å². The van der Waals surface area contributed by atoms with Gasteiger partial charge in [0.15, 0.2) is 15.5 Å². The van der Waals surface area contributed by atoms with Crippen LogP contribution in [-0.2, 0) is 14.6 Å². The van der Waals surface area contributed by atoms with Gasteiger partial charge in [-0.1, -0.05) is 18.2 Å². The van der Waals surface area contributed by atoms with Gasteiger partial charge in [0.25, 0.3) is 0 Å². The Morgan fingerprint density at radius 1 is 1.12 bits per heavy atom. The summed E-state index contributed by atoms with van der Waals surface area (Å²) in [6, 6.07) is 8.99. The van der Waals surface area contributed by atoms with E-state index in [2.05, 4.69) is 43.8 Å². The van der Waals surface area contributed by atoms with Gasteiger partial charge in [0.05, 0.1) is 22.2 Å². The van der Waals surface area contributed by atoms with Crippen LogP contribution in [0.3, 0.4) is 0 Å². The molecule has 0 unspecified atom stereocenters. The van der Waals surface area contributed by atoms with Crippen LogP contribution in [0.4, 0.5) is 19.0 Å². The SMILES string of the molecule is CC(C)N(C)[C@@H]1CC[C@H](N2CC[C@H](Nc3ncnc4ncc(OC(F)(F)F)cc34)C2=O)[C@H](CS(=O)(=O)c2ccccc2)C1. The molecule has 0 radical (unpaired) electrons. The van der Waals surface area contributed by atoms with Crippen molar-refractivity contribution in [3.63, 3.8) is 0 Å². The first kappa shape index (κ1) is 30.9. The predicted octanol–water partition coefficient (Wildman–Crippen LogP) is 4.29. The lowest BCUT2D eigenvalue weighted by Gasteiger charge is -2.44. The van der Waals surface area contributed by atoms with E-state index in [1.807, 2.05) is 7.05 Å². The zero-order valence-electron chi connectivity index (χ0n) is 24.2. The second-order valence-electron chi connectivity index (χ2n) is 11.5. The third-order valence-corrected chi connectivity index (χ3v) is 10.3. The molecule has 0 bridgehead atoms. The standard InChI is InChI=1S/C29H35F3N6O4S/c1-18(2)37(3)20-9-10-25(19(13-20)16-43(40,41)22-7-5-4-6-8-22)38-12-11-24(28(38)39)36-27-23-14-21(42-29(30,31)32)15-33-26(23)34-17-35-27/h4-8,14-15,17-20,24-25H,9-13,16H2,1-3H3,(H,33,34,35,36)/t19-,20+,24-,25-/m0/s1. The number of alkyl halides is 3. The molecule has 1 aliphatic carbocycles. The monoisotopic (exact) mass is 620 g/mol. The van der Waals surface area contributed by atoms with E-state index in [0.717, 1.165) is 18.7 Å². The molecule has 10 nitrogen and oxygen atoms in total. The van der Waals surface area contributed by atoms with Gasteiger partial charge in [-0.2, -0.15) is 0 Å². The molecule has 2 fully saturated rings. The molecule has 14 heteroatoms. The van der Waals surface area contributed by atoms with Gasteiger partial charge in [-0.15, -0.1) is 13.2 Å². The number of hydrogen-bond donors (Lipinski definition) is 1. The van der Waals surface area contributed by atoms with E-state index in [0.29, 0.717) is 25.8 Å². The second-order valence-corrected chi connectivity index (χ2v) is 13.5. The van der Waals surface area contributed by atoms with E-state index in [1.54, 1.807) is 35.2 Å². The van der Waals surface area contributed by atoms with Gasteiger partial charge in [0.1, 0.15) is 23.9 Å². The van der Waals surface area contributed by atoms with Crippen LogP contribution in [-0.4, -0.2) is 89.0 Å².